The van der Waals surface area contributed by atoms with Crippen molar-refractivity contribution in [2.24, 2.45) is 5.92 Å². The molecule has 1 unspecified atom stereocenters. The summed E-state index contributed by atoms with van der Waals surface area (Å²) in [5, 5.41) is 7.03. The number of benzene rings is 1. The van der Waals surface area contributed by atoms with E-state index >= 15 is 0 Å². The molecule has 7 heteroatoms. The van der Waals surface area contributed by atoms with Gasteiger partial charge in [0.25, 0.3) is 5.91 Å². The van der Waals surface area contributed by atoms with Crippen molar-refractivity contribution in [3.05, 3.63) is 78.0 Å². The Morgan fingerprint density at radius 1 is 1.06 bits per heavy atom. The summed E-state index contributed by atoms with van der Waals surface area (Å²) >= 11 is 0. The molecule has 0 aliphatic carbocycles. The highest BCUT2D eigenvalue weighted by Crippen LogP contribution is 2.31. The number of hydrogen-bond acceptors (Lipinski definition) is 6. The number of hydrogen-bond donors (Lipinski definition) is 2. The summed E-state index contributed by atoms with van der Waals surface area (Å²) in [6, 6.07) is 11.8. The van der Waals surface area contributed by atoms with Crippen molar-refractivity contribution in [2.45, 2.75) is 26.7 Å². The highest BCUT2D eigenvalue weighted by molar-refractivity contribution is 6.06. The van der Waals surface area contributed by atoms with E-state index in [1.165, 1.54) is 0 Å². The lowest BCUT2D eigenvalue weighted by molar-refractivity contribution is 0.0964. The Morgan fingerprint density at radius 3 is 2.70 bits per heavy atom. The maximum atomic E-state index is 12.3. The van der Waals surface area contributed by atoms with Crippen LogP contribution in [-0.4, -0.2) is 39.4 Å². The predicted octanol–water partition coefficient (Wildman–Crippen LogP) is 4.61. The molecule has 2 atom stereocenters. The molecule has 4 rings (SSSR count). The van der Waals surface area contributed by atoms with E-state index in [4.69, 9.17) is 0 Å². The molecule has 1 amide bonds. The first-order valence-corrected chi connectivity index (χ1v) is 11.1. The maximum absolute atomic E-state index is 12.3. The zero-order valence-corrected chi connectivity index (χ0v) is 19.3. The third-order valence-electron chi connectivity index (χ3n) is 6.06. The average molecular weight is 441 g/mol. The fourth-order valence-electron chi connectivity index (χ4n) is 3.95. The third-order valence-corrected chi connectivity index (χ3v) is 6.06. The number of aryl methyl sites for hydroxylation is 1. The monoisotopic (exact) mass is 440 g/mol. The van der Waals surface area contributed by atoms with Crippen LogP contribution in [0, 0.1) is 12.8 Å². The summed E-state index contributed by atoms with van der Waals surface area (Å²) in [4.78, 5) is 29.9. The van der Waals surface area contributed by atoms with E-state index < -0.39 is 0 Å². The van der Waals surface area contributed by atoms with Crippen LogP contribution in [0.15, 0.2) is 61.3 Å². The van der Waals surface area contributed by atoms with E-state index in [0.29, 0.717) is 11.5 Å². The van der Waals surface area contributed by atoms with Gasteiger partial charge in [0.2, 0.25) is 0 Å². The Kier molecular flexibility index (Phi) is 6.58. The van der Waals surface area contributed by atoms with E-state index in [9.17, 15) is 4.79 Å². The first kappa shape index (κ1) is 22.3. The molecule has 3 aromatic heterocycles. The topological polar surface area (TPSA) is 92.7 Å². The van der Waals surface area contributed by atoms with Crippen LogP contribution in [0.1, 0.15) is 41.3 Å². The summed E-state index contributed by atoms with van der Waals surface area (Å²) in [6.07, 6.45) is 6.91. The predicted molar refractivity (Wildman–Crippen MR) is 131 cm³/mol. The Hall–Kier alpha value is -3.87. The molecule has 0 spiro atoms. The summed E-state index contributed by atoms with van der Waals surface area (Å²) in [5.74, 6) is 1.18. The van der Waals surface area contributed by atoms with Gasteiger partial charge in [0.05, 0.1) is 16.8 Å². The van der Waals surface area contributed by atoms with Gasteiger partial charge in [0.1, 0.15) is 12.1 Å². The lowest BCUT2D eigenvalue weighted by Crippen LogP contribution is -2.19. The molecule has 2 N–H and O–H groups in total. The van der Waals surface area contributed by atoms with Crippen LogP contribution in [0.5, 0.6) is 0 Å². The van der Waals surface area contributed by atoms with E-state index in [0.717, 1.165) is 45.6 Å². The SMILES string of the molecule is CNC(=O)c1ccnc2c(C(C)[C@H](C)CNc3cc(-c4cncc(C)c4)ncn3)cccc12. The number of nitrogens with zero attached hydrogens (tertiary/aromatic N) is 4. The van der Waals surface area contributed by atoms with Crippen LogP contribution in [0.4, 0.5) is 5.82 Å². The van der Waals surface area contributed by atoms with Crippen molar-refractivity contribution >= 4 is 22.6 Å². The number of carbonyl (C=O) groups is 1. The van der Waals surface area contributed by atoms with E-state index in [2.05, 4.69) is 56.5 Å². The number of nitrogens with one attached hydrogen (secondary N) is 2. The molecule has 4 aromatic rings. The molecule has 0 aliphatic rings. The third kappa shape index (κ3) is 4.82. The van der Waals surface area contributed by atoms with Gasteiger partial charge in [-0.2, -0.15) is 0 Å². The second kappa shape index (κ2) is 9.73. The number of carbonyl (C=O) groups excluding carboxylic acids is 1. The number of anilines is 1. The minimum Gasteiger partial charge on any atom is -0.370 e. The van der Waals surface area contributed by atoms with Crippen LogP contribution in [-0.2, 0) is 0 Å². The Morgan fingerprint density at radius 2 is 1.91 bits per heavy atom. The van der Waals surface area contributed by atoms with Crippen molar-refractivity contribution < 1.29 is 4.79 Å². The van der Waals surface area contributed by atoms with E-state index in [1.54, 1.807) is 25.6 Å². The molecule has 0 bridgehead atoms. The normalized spacial score (nSPS) is 12.8. The highest BCUT2D eigenvalue weighted by atomic mass is 16.1. The second-order valence-corrected chi connectivity index (χ2v) is 8.37. The lowest BCUT2D eigenvalue weighted by atomic mass is 9.87. The fraction of sp³-hybridized carbons (Fsp3) is 0.269. The van der Waals surface area contributed by atoms with Gasteiger partial charge >= 0.3 is 0 Å². The van der Waals surface area contributed by atoms with Gasteiger partial charge in [-0.05, 0) is 42.0 Å². The van der Waals surface area contributed by atoms with Crippen LogP contribution in [0.3, 0.4) is 0 Å². The van der Waals surface area contributed by atoms with Crippen molar-refractivity contribution in [2.75, 3.05) is 18.9 Å². The quantitative estimate of drug-likeness (QED) is 0.436. The number of rotatable bonds is 7. The Bertz CT molecular complexity index is 1290. The number of amides is 1. The minimum absolute atomic E-state index is 0.106. The summed E-state index contributed by atoms with van der Waals surface area (Å²) in [6.45, 7) is 7.14. The van der Waals surface area contributed by atoms with Gasteiger partial charge in [-0.1, -0.05) is 32.0 Å². The molecule has 0 saturated heterocycles. The molecule has 1 aromatic carbocycles. The van der Waals surface area contributed by atoms with Crippen molar-refractivity contribution in [1.82, 2.24) is 25.3 Å². The molecule has 0 fully saturated rings. The molecule has 0 radical (unpaired) electrons. The van der Waals surface area contributed by atoms with Crippen molar-refractivity contribution in [1.29, 1.82) is 0 Å². The average Bonchev–Trinajstić information content (AvgIpc) is 2.85. The van der Waals surface area contributed by atoms with Gasteiger partial charge in [-0.15, -0.1) is 0 Å². The number of fused-ring (bicyclic) bond motifs is 1. The minimum atomic E-state index is -0.106. The molecule has 3 heterocycles. The standard InChI is InChI=1S/C26H28N6O/c1-16-10-19(14-28-12-16)23-11-24(32-15-31-23)30-13-17(2)18(3)20-6-5-7-21-22(26(33)27-4)8-9-29-25(20)21/h5-12,14-15,17-18H,13H2,1-4H3,(H,27,33)(H,30,31,32)/t17-,18?/m1/s1. The second-order valence-electron chi connectivity index (χ2n) is 8.37. The number of para-hydroxylation sites is 1. The molecule has 33 heavy (non-hydrogen) atoms. The van der Waals surface area contributed by atoms with Gasteiger partial charge in [0, 0.05) is 49.2 Å². The maximum Gasteiger partial charge on any atom is 0.251 e. The van der Waals surface area contributed by atoms with Crippen LogP contribution < -0.4 is 10.6 Å². The van der Waals surface area contributed by atoms with Gasteiger partial charge < -0.3 is 10.6 Å². The van der Waals surface area contributed by atoms with E-state index in [-0.39, 0.29) is 11.8 Å². The zero-order valence-electron chi connectivity index (χ0n) is 19.3. The number of pyridine rings is 2. The summed E-state index contributed by atoms with van der Waals surface area (Å²) in [7, 11) is 1.64. The number of aromatic nitrogens is 4. The molecule has 168 valence electrons. The molecular formula is C26H28N6O. The van der Waals surface area contributed by atoms with Crippen LogP contribution >= 0.6 is 0 Å². The van der Waals surface area contributed by atoms with Crippen molar-refractivity contribution in [3.63, 3.8) is 0 Å². The van der Waals surface area contributed by atoms with Gasteiger partial charge in [-0.3, -0.25) is 14.8 Å². The first-order valence-electron chi connectivity index (χ1n) is 11.1. The summed E-state index contributed by atoms with van der Waals surface area (Å²) in [5.41, 5.74) is 5.53. The lowest BCUT2D eigenvalue weighted by Gasteiger charge is -2.22. The molecular weight excluding hydrogens is 412 g/mol. The van der Waals surface area contributed by atoms with Gasteiger partial charge in [0.15, 0.2) is 0 Å². The first-order chi connectivity index (χ1) is 16.0. The summed E-state index contributed by atoms with van der Waals surface area (Å²) < 4.78 is 0. The van der Waals surface area contributed by atoms with Crippen molar-refractivity contribution in [3.8, 4) is 11.3 Å². The van der Waals surface area contributed by atoms with Gasteiger partial charge in [-0.25, -0.2) is 9.97 Å². The van der Waals surface area contributed by atoms with E-state index in [1.807, 2.05) is 37.5 Å². The molecule has 0 aliphatic heterocycles. The van der Waals surface area contributed by atoms with Crippen LogP contribution in [0.25, 0.3) is 22.2 Å². The highest BCUT2D eigenvalue weighted by Gasteiger charge is 2.19. The fourth-order valence-corrected chi connectivity index (χ4v) is 3.95. The molecule has 0 saturated carbocycles. The zero-order chi connectivity index (χ0) is 23.4. The van der Waals surface area contributed by atoms with Crippen LogP contribution in [0.2, 0.25) is 0 Å². The Balaban J connectivity index is 1.52. The Labute approximate surface area is 193 Å². The smallest absolute Gasteiger partial charge is 0.251 e. The largest absolute Gasteiger partial charge is 0.370 e. The molecule has 7 nitrogen and oxygen atoms in total.